The van der Waals surface area contributed by atoms with Gasteiger partial charge in [0.25, 0.3) is 0 Å². The largest absolute Gasteiger partial charge is 0.461 e. The van der Waals surface area contributed by atoms with E-state index >= 15 is 0 Å². The Hall–Kier alpha value is -1.97. The Morgan fingerprint density at radius 1 is 1.25 bits per heavy atom. The van der Waals surface area contributed by atoms with Crippen LogP contribution in [0, 0.1) is 0 Å². The molecule has 0 unspecified atom stereocenters. The van der Waals surface area contributed by atoms with Gasteiger partial charge in [-0.1, -0.05) is 0 Å². The summed E-state index contributed by atoms with van der Waals surface area (Å²) in [5.41, 5.74) is 5.48. The van der Waals surface area contributed by atoms with E-state index in [4.69, 9.17) is 10.5 Å². The van der Waals surface area contributed by atoms with E-state index in [0.29, 0.717) is 11.3 Å². The van der Waals surface area contributed by atoms with Crippen molar-refractivity contribution < 1.29 is 17.9 Å². The molecule has 0 aliphatic carbocycles. The van der Waals surface area contributed by atoms with Gasteiger partial charge in [0.15, 0.2) is 10.8 Å². The topological polar surface area (TPSA) is 86.8 Å². The molecule has 0 aliphatic heterocycles. The van der Waals surface area contributed by atoms with E-state index in [-0.39, 0.29) is 28.8 Å². The van der Waals surface area contributed by atoms with Gasteiger partial charge >= 0.3 is 12.2 Å². The maximum Gasteiger partial charge on any atom is 0.443 e. The fourth-order valence-corrected chi connectivity index (χ4v) is 1.97. The average Bonchev–Trinajstić information content (AvgIpc) is 2.75. The second kappa shape index (κ2) is 5.19. The van der Waals surface area contributed by atoms with Gasteiger partial charge in [-0.2, -0.15) is 28.1 Å². The summed E-state index contributed by atoms with van der Waals surface area (Å²) in [5, 5.41) is -0.974. The van der Waals surface area contributed by atoms with E-state index in [1.54, 1.807) is 13.8 Å². The summed E-state index contributed by atoms with van der Waals surface area (Å²) in [5.74, 6) is -0.131. The van der Waals surface area contributed by atoms with Crippen LogP contribution in [-0.4, -0.2) is 26.0 Å². The molecular formula is C10H10F3N5OS. The number of halogens is 3. The highest BCUT2D eigenvalue weighted by molar-refractivity contribution is 7.15. The molecule has 6 nitrogen and oxygen atoms in total. The minimum atomic E-state index is -4.50. The van der Waals surface area contributed by atoms with E-state index in [1.807, 2.05) is 0 Å². The van der Waals surface area contributed by atoms with E-state index in [1.165, 1.54) is 0 Å². The summed E-state index contributed by atoms with van der Waals surface area (Å²) >= 11 is 0.429. The van der Waals surface area contributed by atoms with Gasteiger partial charge in [0, 0.05) is 6.20 Å². The maximum atomic E-state index is 12.5. The minimum absolute atomic E-state index is 0.00106. The van der Waals surface area contributed by atoms with Crippen molar-refractivity contribution in [2.24, 2.45) is 0 Å². The molecule has 0 spiro atoms. The highest BCUT2D eigenvalue weighted by Crippen LogP contribution is 2.35. The Bertz CT molecular complexity index is 613. The lowest BCUT2D eigenvalue weighted by Crippen LogP contribution is -2.10. The number of aromatic nitrogens is 4. The Balaban J connectivity index is 2.37. The molecule has 2 rings (SSSR count). The molecule has 0 fully saturated rings. The Morgan fingerprint density at radius 2 is 1.95 bits per heavy atom. The first-order valence-corrected chi connectivity index (χ1v) is 6.29. The summed E-state index contributed by atoms with van der Waals surface area (Å²) in [4.78, 5) is 14.9. The molecule has 10 heteroatoms. The van der Waals surface area contributed by atoms with Crippen LogP contribution in [0.5, 0.6) is 6.01 Å². The number of rotatable bonds is 3. The van der Waals surface area contributed by atoms with E-state index < -0.39 is 11.2 Å². The number of alkyl halides is 3. The Morgan fingerprint density at radius 3 is 2.50 bits per heavy atom. The normalized spacial score (nSPS) is 11.9. The molecule has 2 aromatic rings. The third-order valence-electron chi connectivity index (χ3n) is 1.94. The Labute approximate surface area is 115 Å². The Kier molecular flexibility index (Phi) is 3.75. The smallest absolute Gasteiger partial charge is 0.443 e. The third kappa shape index (κ3) is 3.32. The highest BCUT2D eigenvalue weighted by Gasteiger charge is 2.35. The van der Waals surface area contributed by atoms with Crippen LogP contribution in [0.2, 0.25) is 0 Å². The predicted molar refractivity (Wildman–Crippen MR) is 66.1 cm³/mol. The standard InChI is InChI=1S/C10H10F3N5OS/c1-4(2)19-9-17-6(16-8(14)18-9)5-3-15-7(20-5)10(11,12)13/h3-4H,1-2H3,(H2,14,16,17,18). The summed E-state index contributed by atoms with van der Waals surface area (Å²) in [7, 11) is 0. The van der Waals surface area contributed by atoms with Crippen molar-refractivity contribution in [1.29, 1.82) is 0 Å². The second-order valence-electron chi connectivity index (χ2n) is 3.99. The summed E-state index contributed by atoms with van der Waals surface area (Å²) in [6.07, 6.45) is -3.66. The van der Waals surface area contributed by atoms with E-state index in [9.17, 15) is 13.2 Å². The van der Waals surface area contributed by atoms with Gasteiger partial charge in [-0.25, -0.2) is 4.98 Å². The van der Waals surface area contributed by atoms with Crippen molar-refractivity contribution in [2.75, 3.05) is 5.73 Å². The van der Waals surface area contributed by atoms with Crippen LogP contribution in [-0.2, 0) is 6.18 Å². The lowest BCUT2D eigenvalue weighted by molar-refractivity contribution is -0.137. The van der Waals surface area contributed by atoms with Crippen molar-refractivity contribution >= 4 is 17.3 Å². The van der Waals surface area contributed by atoms with Gasteiger partial charge in [0.2, 0.25) is 5.95 Å². The van der Waals surface area contributed by atoms with E-state index in [2.05, 4.69) is 19.9 Å². The number of thiazole rings is 1. The fraction of sp³-hybridized carbons (Fsp3) is 0.400. The van der Waals surface area contributed by atoms with Crippen molar-refractivity contribution in [3.05, 3.63) is 11.2 Å². The van der Waals surface area contributed by atoms with Crippen molar-refractivity contribution in [1.82, 2.24) is 19.9 Å². The van der Waals surface area contributed by atoms with Crippen LogP contribution in [0.1, 0.15) is 18.9 Å². The molecule has 0 aromatic carbocycles. The molecule has 0 radical (unpaired) electrons. The van der Waals surface area contributed by atoms with Gasteiger partial charge in [-0.05, 0) is 13.8 Å². The molecule has 108 valence electrons. The van der Waals surface area contributed by atoms with Crippen molar-refractivity contribution in [3.63, 3.8) is 0 Å². The zero-order chi connectivity index (χ0) is 14.9. The number of hydrogen-bond acceptors (Lipinski definition) is 7. The molecule has 2 aromatic heterocycles. The van der Waals surface area contributed by atoms with Crippen LogP contribution < -0.4 is 10.5 Å². The average molecular weight is 305 g/mol. The monoisotopic (exact) mass is 305 g/mol. The van der Waals surface area contributed by atoms with Crippen LogP contribution in [0.15, 0.2) is 6.20 Å². The quantitative estimate of drug-likeness (QED) is 0.937. The number of nitrogens with two attached hydrogens (primary N) is 1. The molecule has 0 saturated carbocycles. The number of nitrogen functional groups attached to an aromatic ring is 1. The van der Waals surface area contributed by atoms with Crippen LogP contribution >= 0.6 is 11.3 Å². The molecule has 20 heavy (non-hydrogen) atoms. The molecule has 0 saturated heterocycles. The summed E-state index contributed by atoms with van der Waals surface area (Å²) in [6.45, 7) is 3.52. The lowest BCUT2D eigenvalue weighted by atomic mass is 10.5. The first-order valence-electron chi connectivity index (χ1n) is 5.47. The molecular weight excluding hydrogens is 295 g/mol. The van der Waals surface area contributed by atoms with Crippen LogP contribution in [0.25, 0.3) is 10.7 Å². The highest BCUT2D eigenvalue weighted by atomic mass is 32.1. The zero-order valence-electron chi connectivity index (χ0n) is 10.5. The molecule has 0 bridgehead atoms. The lowest BCUT2D eigenvalue weighted by Gasteiger charge is -2.08. The molecule has 2 heterocycles. The summed E-state index contributed by atoms with van der Waals surface area (Å²) < 4.78 is 42.7. The zero-order valence-corrected chi connectivity index (χ0v) is 11.3. The van der Waals surface area contributed by atoms with Crippen LogP contribution in [0.4, 0.5) is 19.1 Å². The van der Waals surface area contributed by atoms with Crippen LogP contribution in [0.3, 0.4) is 0 Å². The predicted octanol–water partition coefficient (Wildman–Crippen LogP) is 2.38. The first-order chi connectivity index (χ1) is 9.25. The van der Waals surface area contributed by atoms with Gasteiger partial charge < -0.3 is 10.5 Å². The second-order valence-corrected chi connectivity index (χ2v) is 5.02. The summed E-state index contributed by atoms with van der Waals surface area (Å²) in [6, 6.07) is -0.0375. The van der Waals surface area contributed by atoms with Gasteiger partial charge in [0.05, 0.1) is 11.0 Å². The molecule has 0 atom stereocenters. The molecule has 0 amide bonds. The first kappa shape index (κ1) is 14.4. The fourth-order valence-electron chi connectivity index (χ4n) is 1.25. The van der Waals surface area contributed by atoms with Crippen molar-refractivity contribution in [3.8, 4) is 16.7 Å². The van der Waals surface area contributed by atoms with Gasteiger partial charge in [-0.3, -0.25) is 0 Å². The third-order valence-corrected chi connectivity index (χ3v) is 2.98. The van der Waals surface area contributed by atoms with E-state index in [0.717, 1.165) is 6.20 Å². The molecule has 2 N–H and O–H groups in total. The van der Waals surface area contributed by atoms with Crippen molar-refractivity contribution in [2.45, 2.75) is 26.1 Å². The number of nitrogens with zero attached hydrogens (tertiary/aromatic N) is 4. The minimum Gasteiger partial charge on any atom is -0.461 e. The number of ether oxygens (including phenoxy) is 1. The number of anilines is 1. The molecule has 0 aliphatic rings. The number of hydrogen-bond donors (Lipinski definition) is 1. The van der Waals surface area contributed by atoms with Gasteiger partial charge in [-0.15, -0.1) is 11.3 Å². The van der Waals surface area contributed by atoms with Gasteiger partial charge in [0.1, 0.15) is 0 Å². The SMILES string of the molecule is CC(C)Oc1nc(N)nc(-c2cnc(C(F)(F)F)s2)n1. The maximum absolute atomic E-state index is 12.5.